The van der Waals surface area contributed by atoms with Crippen molar-refractivity contribution in [2.24, 2.45) is 0 Å². The molecule has 0 aliphatic heterocycles. The van der Waals surface area contributed by atoms with Crippen molar-refractivity contribution >= 4 is 35.0 Å². The molecule has 0 saturated carbocycles. The lowest BCUT2D eigenvalue weighted by atomic mass is 10.1. The van der Waals surface area contributed by atoms with Crippen molar-refractivity contribution in [1.82, 2.24) is 0 Å². The van der Waals surface area contributed by atoms with Gasteiger partial charge in [-0.2, -0.15) is 11.8 Å². The third kappa shape index (κ3) is 21.9. The monoisotopic (exact) mass is 466 g/mol. The average molecular weight is 468 g/mol. The van der Waals surface area contributed by atoms with E-state index >= 15 is 0 Å². The first-order valence-electron chi connectivity index (χ1n) is 13.1. The van der Waals surface area contributed by atoms with Crippen LogP contribution in [0.4, 0.5) is 0 Å². The van der Waals surface area contributed by atoms with E-state index in [1.54, 1.807) is 0 Å². The first-order chi connectivity index (χ1) is 14.3. The van der Waals surface area contributed by atoms with Crippen LogP contribution in [0, 0.1) is 0 Å². The zero-order valence-electron chi connectivity index (χ0n) is 19.9. The molecule has 176 valence electrons. The molecule has 0 spiro atoms. The van der Waals surface area contributed by atoms with Crippen LogP contribution in [0.1, 0.15) is 142 Å². The summed E-state index contributed by atoms with van der Waals surface area (Å²) in [5, 5.41) is 1.20. The Morgan fingerprint density at radius 2 is 0.724 bits per heavy atom. The molecule has 0 amide bonds. The van der Waals surface area contributed by atoms with Crippen molar-refractivity contribution in [3.63, 3.8) is 0 Å². The Balaban J connectivity index is 3.62. The van der Waals surface area contributed by atoms with Crippen molar-refractivity contribution in [2.45, 2.75) is 153 Å². The molecule has 0 fully saturated rings. The van der Waals surface area contributed by atoms with E-state index in [4.69, 9.17) is 23.2 Å². The van der Waals surface area contributed by atoms with Gasteiger partial charge in [0.05, 0.1) is 0 Å². The predicted octanol–water partition coefficient (Wildman–Crippen LogP) is 10.8. The van der Waals surface area contributed by atoms with Gasteiger partial charge in [0, 0.05) is 22.3 Å². The molecule has 2 unspecified atom stereocenters. The van der Waals surface area contributed by atoms with E-state index in [1.807, 2.05) is 0 Å². The second-order valence-electron chi connectivity index (χ2n) is 8.92. The summed E-state index contributed by atoms with van der Waals surface area (Å²) in [4.78, 5) is 0. The molecule has 0 aliphatic rings. The lowest BCUT2D eigenvalue weighted by molar-refractivity contribution is 0.553. The van der Waals surface area contributed by atoms with E-state index in [1.165, 1.54) is 128 Å². The van der Waals surface area contributed by atoms with Crippen molar-refractivity contribution in [2.75, 3.05) is 11.8 Å². The van der Waals surface area contributed by atoms with Gasteiger partial charge in [-0.25, -0.2) is 0 Å². The highest BCUT2D eigenvalue weighted by Gasteiger charge is 2.15. The maximum atomic E-state index is 6.27. The highest BCUT2D eigenvalue weighted by atomic mass is 35.5. The molecule has 0 rings (SSSR count). The van der Waals surface area contributed by atoms with Crippen molar-refractivity contribution in [1.29, 1.82) is 0 Å². The van der Waals surface area contributed by atoms with E-state index in [0.29, 0.717) is 10.5 Å². The summed E-state index contributed by atoms with van der Waals surface area (Å²) in [6, 6.07) is 0. The molecule has 0 radical (unpaired) electrons. The van der Waals surface area contributed by atoms with Gasteiger partial charge in [0.25, 0.3) is 0 Å². The predicted molar refractivity (Wildman–Crippen MR) is 140 cm³/mol. The van der Waals surface area contributed by atoms with Crippen molar-refractivity contribution < 1.29 is 0 Å². The minimum atomic E-state index is 0.600. The average Bonchev–Trinajstić information content (AvgIpc) is 2.74. The molecule has 29 heavy (non-hydrogen) atoms. The molecule has 0 nitrogen and oxygen atoms in total. The van der Waals surface area contributed by atoms with Crippen LogP contribution in [0.2, 0.25) is 0 Å². The first-order valence-corrected chi connectivity index (χ1v) is 15.1. The molecule has 0 aromatic carbocycles. The highest BCUT2D eigenvalue weighted by molar-refractivity contribution is 8.00. The molecule has 3 heteroatoms. The molecule has 0 aromatic rings. The molecular formula is C26H52Cl2S. The van der Waals surface area contributed by atoms with Gasteiger partial charge < -0.3 is 0 Å². The Hall–Kier alpha value is 0.930. The Morgan fingerprint density at radius 3 is 1.00 bits per heavy atom. The summed E-state index contributed by atoms with van der Waals surface area (Å²) in [7, 11) is 0. The van der Waals surface area contributed by atoms with Crippen LogP contribution in [-0.4, -0.2) is 22.3 Å². The number of thioether (sulfide) groups is 1. The molecule has 0 N–H and O–H groups in total. The maximum Gasteiger partial charge on any atom is 0.0342 e. The van der Waals surface area contributed by atoms with E-state index in [9.17, 15) is 0 Å². The number of rotatable bonds is 24. The molecule has 0 saturated heterocycles. The van der Waals surface area contributed by atoms with Gasteiger partial charge in [-0.15, -0.1) is 23.2 Å². The van der Waals surface area contributed by atoms with Crippen LogP contribution >= 0.6 is 35.0 Å². The zero-order chi connectivity index (χ0) is 21.4. The largest absolute Gasteiger partial charge is 0.153 e. The second kappa shape index (κ2) is 25.2. The van der Waals surface area contributed by atoms with Gasteiger partial charge in [0.1, 0.15) is 0 Å². The minimum absolute atomic E-state index is 0.600. The third-order valence-electron chi connectivity index (χ3n) is 5.99. The first kappa shape index (κ1) is 29.9. The van der Waals surface area contributed by atoms with Gasteiger partial charge in [-0.1, -0.05) is 129 Å². The molecule has 2 atom stereocenters. The number of hydrogen-bond donors (Lipinski definition) is 0. The number of halogens is 2. The standard InChI is InChI=1S/C26H52Cl2S/c1-3-5-7-9-11-13-15-17-19-21-25(23-27)29-26(24-28)22-20-18-16-14-12-10-8-6-4-2/h25-26H,3-24H2,1-2H3. The maximum absolute atomic E-state index is 6.27. The lowest BCUT2D eigenvalue weighted by Gasteiger charge is -2.20. The van der Waals surface area contributed by atoms with E-state index in [2.05, 4.69) is 25.6 Å². The van der Waals surface area contributed by atoms with Gasteiger partial charge >= 0.3 is 0 Å². The molecule has 0 aliphatic carbocycles. The summed E-state index contributed by atoms with van der Waals surface area (Å²) >= 11 is 14.6. The van der Waals surface area contributed by atoms with Crippen LogP contribution in [0.25, 0.3) is 0 Å². The van der Waals surface area contributed by atoms with Gasteiger partial charge in [0.2, 0.25) is 0 Å². The third-order valence-corrected chi connectivity index (χ3v) is 8.67. The SMILES string of the molecule is CCCCCCCCCCCC(CCl)SC(CCl)CCCCCCCCCCC. The van der Waals surface area contributed by atoms with Crippen LogP contribution in [0.5, 0.6) is 0 Å². The molecular weight excluding hydrogens is 415 g/mol. The van der Waals surface area contributed by atoms with Crippen molar-refractivity contribution in [3.05, 3.63) is 0 Å². The fourth-order valence-electron chi connectivity index (χ4n) is 4.00. The summed E-state index contributed by atoms with van der Waals surface area (Å²) in [5.74, 6) is 1.57. The van der Waals surface area contributed by atoms with E-state index in [-0.39, 0.29) is 0 Å². The normalized spacial score (nSPS) is 13.7. The van der Waals surface area contributed by atoms with Gasteiger partial charge in [0.15, 0.2) is 0 Å². The Labute approximate surface area is 199 Å². The smallest absolute Gasteiger partial charge is 0.0342 e. The molecule has 0 bridgehead atoms. The molecule has 0 heterocycles. The number of alkyl halides is 2. The minimum Gasteiger partial charge on any atom is -0.153 e. The van der Waals surface area contributed by atoms with Crippen LogP contribution in [-0.2, 0) is 0 Å². The lowest BCUT2D eigenvalue weighted by Crippen LogP contribution is -2.14. The fraction of sp³-hybridized carbons (Fsp3) is 1.00. The summed E-state index contributed by atoms with van der Waals surface area (Å²) in [6.45, 7) is 4.58. The Kier molecular flexibility index (Phi) is 26.0. The van der Waals surface area contributed by atoms with Crippen LogP contribution in [0.15, 0.2) is 0 Å². The topological polar surface area (TPSA) is 0 Å². The number of hydrogen-bond acceptors (Lipinski definition) is 1. The molecule has 0 aromatic heterocycles. The summed E-state index contributed by atoms with van der Waals surface area (Å²) in [6.07, 6.45) is 27.8. The van der Waals surface area contributed by atoms with Crippen LogP contribution in [0.3, 0.4) is 0 Å². The zero-order valence-corrected chi connectivity index (χ0v) is 22.2. The quantitative estimate of drug-likeness (QED) is 0.100. The van der Waals surface area contributed by atoms with Gasteiger partial charge in [-0.05, 0) is 12.8 Å². The Morgan fingerprint density at radius 1 is 0.448 bits per heavy atom. The van der Waals surface area contributed by atoms with E-state index in [0.717, 1.165) is 11.8 Å². The van der Waals surface area contributed by atoms with Crippen molar-refractivity contribution in [3.8, 4) is 0 Å². The summed E-state index contributed by atoms with van der Waals surface area (Å²) in [5.41, 5.74) is 0. The fourth-order valence-corrected chi connectivity index (χ4v) is 6.04. The van der Waals surface area contributed by atoms with Crippen LogP contribution < -0.4 is 0 Å². The second-order valence-corrected chi connectivity index (χ2v) is 11.1. The van der Waals surface area contributed by atoms with E-state index < -0.39 is 0 Å². The number of unbranched alkanes of at least 4 members (excludes halogenated alkanes) is 16. The summed E-state index contributed by atoms with van der Waals surface area (Å²) < 4.78 is 0. The Bertz CT molecular complexity index is 270. The van der Waals surface area contributed by atoms with Gasteiger partial charge in [-0.3, -0.25) is 0 Å². The highest BCUT2D eigenvalue weighted by Crippen LogP contribution is 2.28.